The lowest BCUT2D eigenvalue weighted by Crippen LogP contribution is -2.31. The van der Waals surface area contributed by atoms with Crippen LogP contribution >= 0.6 is 0 Å². The quantitative estimate of drug-likeness (QED) is 0.582. The first-order valence-corrected chi connectivity index (χ1v) is 5.68. The monoisotopic (exact) mass is 235 g/mol. The van der Waals surface area contributed by atoms with Gasteiger partial charge in [0.1, 0.15) is 5.75 Å². The molecule has 0 aromatic heterocycles. The first kappa shape index (κ1) is 13.5. The zero-order valence-electron chi connectivity index (χ0n) is 10.7. The van der Waals surface area contributed by atoms with Crippen molar-refractivity contribution >= 4 is 5.84 Å². The van der Waals surface area contributed by atoms with E-state index in [0.29, 0.717) is 0 Å². The first-order chi connectivity index (χ1) is 8.02. The Morgan fingerprint density at radius 1 is 1.53 bits per heavy atom. The molecular weight excluding hydrogens is 214 g/mol. The molecule has 0 aliphatic carbocycles. The highest BCUT2D eigenvalue weighted by Crippen LogP contribution is 2.14. The van der Waals surface area contributed by atoms with E-state index in [9.17, 15) is 0 Å². The molecule has 0 saturated carbocycles. The van der Waals surface area contributed by atoms with E-state index in [1.807, 2.05) is 32.2 Å². The third kappa shape index (κ3) is 4.44. The maximum atomic E-state index is 7.37. The summed E-state index contributed by atoms with van der Waals surface area (Å²) in [6.07, 6.45) is 0. The lowest BCUT2D eigenvalue weighted by Gasteiger charge is -2.20. The molecular formula is C13H21N3O. The lowest BCUT2D eigenvalue weighted by atomic mass is 10.1. The predicted molar refractivity (Wildman–Crippen MR) is 70.4 cm³/mol. The Balaban J connectivity index is 2.55. The van der Waals surface area contributed by atoms with Crippen molar-refractivity contribution in [2.75, 3.05) is 20.7 Å². The SMILES string of the molecule is COc1cccc(CN(C)CC(C)C(=N)N)c1. The molecule has 0 amide bonds. The van der Waals surface area contributed by atoms with E-state index in [2.05, 4.69) is 11.0 Å². The van der Waals surface area contributed by atoms with Gasteiger partial charge in [0, 0.05) is 19.0 Å². The molecule has 1 rings (SSSR count). The van der Waals surface area contributed by atoms with Gasteiger partial charge in [-0.25, -0.2) is 0 Å². The fourth-order valence-electron chi connectivity index (χ4n) is 1.71. The molecule has 0 bridgehead atoms. The van der Waals surface area contributed by atoms with Crippen LogP contribution in [-0.2, 0) is 6.54 Å². The van der Waals surface area contributed by atoms with Crippen LogP contribution in [0, 0.1) is 11.3 Å². The van der Waals surface area contributed by atoms with E-state index in [-0.39, 0.29) is 11.8 Å². The van der Waals surface area contributed by atoms with Crippen molar-refractivity contribution in [1.29, 1.82) is 5.41 Å². The van der Waals surface area contributed by atoms with Gasteiger partial charge in [-0.1, -0.05) is 19.1 Å². The van der Waals surface area contributed by atoms with Crippen molar-refractivity contribution in [3.8, 4) is 5.75 Å². The van der Waals surface area contributed by atoms with Crippen LogP contribution in [0.2, 0.25) is 0 Å². The van der Waals surface area contributed by atoms with Gasteiger partial charge in [0.05, 0.1) is 12.9 Å². The fraction of sp³-hybridized carbons (Fsp3) is 0.462. The van der Waals surface area contributed by atoms with Gasteiger partial charge in [0.15, 0.2) is 0 Å². The number of nitrogens with zero attached hydrogens (tertiary/aromatic N) is 1. The average Bonchev–Trinajstić information content (AvgIpc) is 2.28. The molecule has 0 saturated heterocycles. The highest BCUT2D eigenvalue weighted by atomic mass is 16.5. The minimum absolute atomic E-state index is 0.0885. The number of hydrogen-bond donors (Lipinski definition) is 2. The summed E-state index contributed by atoms with van der Waals surface area (Å²) in [7, 11) is 3.69. The number of nitrogens with two attached hydrogens (primary N) is 1. The molecule has 1 aromatic carbocycles. The Bertz CT molecular complexity index is 379. The van der Waals surface area contributed by atoms with Crippen LogP contribution in [0.1, 0.15) is 12.5 Å². The third-order valence-electron chi connectivity index (χ3n) is 2.70. The second-order valence-corrected chi connectivity index (χ2v) is 4.40. The molecule has 0 heterocycles. The van der Waals surface area contributed by atoms with Gasteiger partial charge in [-0.05, 0) is 24.7 Å². The van der Waals surface area contributed by atoms with Crippen molar-refractivity contribution in [3.63, 3.8) is 0 Å². The van der Waals surface area contributed by atoms with E-state index >= 15 is 0 Å². The van der Waals surface area contributed by atoms with Crippen molar-refractivity contribution in [1.82, 2.24) is 4.90 Å². The Labute approximate surface area is 103 Å². The molecule has 0 aliphatic heterocycles. The van der Waals surface area contributed by atoms with E-state index < -0.39 is 0 Å². The summed E-state index contributed by atoms with van der Waals surface area (Å²) in [6.45, 7) is 3.58. The summed E-state index contributed by atoms with van der Waals surface area (Å²) in [5.41, 5.74) is 6.66. The summed E-state index contributed by atoms with van der Waals surface area (Å²) < 4.78 is 5.18. The van der Waals surface area contributed by atoms with Gasteiger partial charge < -0.3 is 15.4 Å². The fourth-order valence-corrected chi connectivity index (χ4v) is 1.71. The smallest absolute Gasteiger partial charge is 0.119 e. The van der Waals surface area contributed by atoms with Crippen molar-refractivity contribution in [2.45, 2.75) is 13.5 Å². The van der Waals surface area contributed by atoms with Crippen LogP contribution < -0.4 is 10.5 Å². The minimum Gasteiger partial charge on any atom is -0.497 e. The number of rotatable bonds is 6. The Morgan fingerprint density at radius 3 is 2.82 bits per heavy atom. The number of nitrogens with one attached hydrogen (secondary N) is 1. The average molecular weight is 235 g/mol. The van der Waals surface area contributed by atoms with Gasteiger partial charge in [-0.2, -0.15) is 0 Å². The molecule has 0 fully saturated rings. The molecule has 0 spiro atoms. The molecule has 17 heavy (non-hydrogen) atoms. The normalized spacial score (nSPS) is 12.5. The van der Waals surface area contributed by atoms with Crippen molar-refractivity contribution in [2.24, 2.45) is 11.7 Å². The van der Waals surface area contributed by atoms with Gasteiger partial charge in [0.25, 0.3) is 0 Å². The second kappa shape index (κ2) is 6.25. The maximum Gasteiger partial charge on any atom is 0.119 e. The van der Waals surface area contributed by atoms with Crippen LogP contribution in [0.3, 0.4) is 0 Å². The topological polar surface area (TPSA) is 62.3 Å². The summed E-state index contributed by atoms with van der Waals surface area (Å²) in [6, 6.07) is 8.00. The van der Waals surface area contributed by atoms with Crippen LogP contribution in [0.5, 0.6) is 5.75 Å². The van der Waals surface area contributed by atoms with E-state index in [1.165, 1.54) is 5.56 Å². The van der Waals surface area contributed by atoms with Crippen LogP contribution in [0.4, 0.5) is 0 Å². The van der Waals surface area contributed by atoms with Crippen LogP contribution in [-0.4, -0.2) is 31.4 Å². The Morgan fingerprint density at radius 2 is 2.24 bits per heavy atom. The summed E-state index contributed by atoms with van der Waals surface area (Å²) >= 11 is 0. The van der Waals surface area contributed by atoms with E-state index in [0.717, 1.165) is 18.8 Å². The molecule has 1 aromatic rings. The molecule has 1 atom stereocenters. The third-order valence-corrected chi connectivity index (χ3v) is 2.70. The summed E-state index contributed by atoms with van der Waals surface area (Å²) in [4.78, 5) is 2.15. The molecule has 1 unspecified atom stereocenters. The van der Waals surface area contributed by atoms with Gasteiger partial charge >= 0.3 is 0 Å². The van der Waals surface area contributed by atoms with E-state index in [1.54, 1.807) is 7.11 Å². The van der Waals surface area contributed by atoms with Crippen molar-refractivity contribution in [3.05, 3.63) is 29.8 Å². The number of hydrogen-bond acceptors (Lipinski definition) is 3. The highest BCUT2D eigenvalue weighted by Gasteiger charge is 2.09. The zero-order chi connectivity index (χ0) is 12.8. The predicted octanol–water partition coefficient (Wildman–Crippen LogP) is 1.70. The molecule has 3 N–H and O–H groups in total. The first-order valence-electron chi connectivity index (χ1n) is 5.68. The minimum atomic E-state index is 0.0885. The van der Waals surface area contributed by atoms with Crippen LogP contribution in [0.15, 0.2) is 24.3 Å². The summed E-state index contributed by atoms with van der Waals surface area (Å²) in [5.74, 6) is 1.20. The molecule has 0 radical (unpaired) electrons. The lowest BCUT2D eigenvalue weighted by molar-refractivity contribution is 0.305. The Hall–Kier alpha value is -1.55. The largest absolute Gasteiger partial charge is 0.497 e. The van der Waals surface area contributed by atoms with Gasteiger partial charge in [-0.3, -0.25) is 5.41 Å². The number of ether oxygens (including phenoxy) is 1. The summed E-state index contributed by atoms with van der Waals surface area (Å²) in [5, 5.41) is 7.37. The number of methoxy groups -OCH3 is 1. The molecule has 0 aliphatic rings. The highest BCUT2D eigenvalue weighted by molar-refractivity contribution is 5.79. The van der Waals surface area contributed by atoms with Gasteiger partial charge in [0.2, 0.25) is 0 Å². The van der Waals surface area contributed by atoms with E-state index in [4.69, 9.17) is 15.9 Å². The molecule has 94 valence electrons. The number of benzene rings is 1. The molecule has 4 nitrogen and oxygen atoms in total. The van der Waals surface area contributed by atoms with Crippen molar-refractivity contribution < 1.29 is 4.74 Å². The number of amidine groups is 1. The maximum absolute atomic E-state index is 7.37. The zero-order valence-corrected chi connectivity index (χ0v) is 10.7. The standard InChI is InChI=1S/C13H21N3O/c1-10(13(14)15)8-16(2)9-11-5-4-6-12(7-11)17-3/h4-7,10H,8-9H2,1-3H3,(H3,14,15). The van der Waals surface area contributed by atoms with Gasteiger partial charge in [-0.15, -0.1) is 0 Å². The van der Waals surface area contributed by atoms with Crippen LogP contribution in [0.25, 0.3) is 0 Å². The second-order valence-electron chi connectivity index (χ2n) is 4.40. The molecule has 4 heteroatoms. The Kier molecular flexibility index (Phi) is 4.97.